The maximum atomic E-state index is 13.0. The SMILES string of the molecule is CCCCNC(=O)c1ccc(Cn2c(=O)c3cccn3c3cccnc32)cc1. The summed E-state index contributed by atoms with van der Waals surface area (Å²) in [6, 6.07) is 14.9. The fraction of sp³-hybridized carbons (Fsp3) is 0.227. The minimum Gasteiger partial charge on any atom is -0.352 e. The summed E-state index contributed by atoms with van der Waals surface area (Å²) >= 11 is 0. The van der Waals surface area contributed by atoms with Gasteiger partial charge < -0.3 is 9.72 Å². The average molecular weight is 374 g/mol. The Hall–Kier alpha value is -3.41. The molecule has 0 saturated carbocycles. The molecule has 1 aromatic carbocycles. The average Bonchev–Trinajstić information content (AvgIpc) is 3.22. The van der Waals surface area contributed by atoms with Crippen molar-refractivity contribution in [1.29, 1.82) is 0 Å². The van der Waals surface area contributed by atoms with Gasteiger partial charge >= 0.3 is 0 Å². The molecule has 4 aromatic rings. The largest absolute Gasteiger partial charge is 0.352 e. The lowest BCUT2D eigenvalue weighted by Crippen LogP contribution is -2.25. The van der Waals surface area contributed by atoms with Gasteiger partial charge in [0.05, 0.1) is 12.1 Å². The maximum absolute atomic E-state index is 13.0. The van der Waals surface area contributed by atoms with Crippen molar-refractivity contribution in [3.05, 3.63) is 82.4 Å². The number of aromatic nitrogens is 3. The molecule has 6 nitrogen and oxygen atoms in total. The lowest BCUT2D eigenvalue weighted by Gasteiger charge is -2.12. The van der Waals surface area contributed by atoms with Gasteiger partial charge in [-0.3, -0.25) is 14.2 Å². The number of nitrogens with zero attached hydrogens (tertiary/aromatic N) is 3. The summed E-state index contributed by atoms with van der Waals surface area (Å²) in [5.41, 5.74) is 3.61. The molecular formula is C22H22N4O2. The third-order valence-corrected chi connectivity index (χ3v) is 4.87. The van der Waals surface area contributed by atoms with Crippen LogP contribution >= 0.6 is 0 Å². The van der Waals surface area contributed by atoms with Gasteiger partial charge in [0.2, 0.25) is 0 Å². The lowest BCUT2D eigenvalue weighted by molar-refractivity contribution is 0.0953. The van der Waals surface area contributed by atoms with Crippen molar-refractivity contribution < 1.29 is 4.79 Å². The Kier molecular flexibility index (Phi) is 4.93. The number of pyridine rings is 1. The quantitative estimate of drug-likeness (QED) is 0.527. The Morgan fingerprint density at radius 2 is 1.86 bits per heavy atom. The van der Waals surface area contributed by atoms with E-state index in [9.17, 15) is 9.59 Å². The van der Waals surface area contributed by atoms with Crippen LogP contribution in [0.1, 0.15) is 35.7 Å². The number of fused-ring (bicyclic) bond motifs is 3. The summed E-state index contributed by atoms with van der Waals surface area (Å²) in [5, 5.41) is 2.91. The van der Waals surface area contributed by atoms with Gasteiger partial charge in [0.1, 0.15) is 5.52 Å². The molecular weight excluding hydrogens is 352 g/mol. The van der Waals surface area contributed by atoms with E-state index in [1.165, 1.54) is 0 Å². The molecule has 0 saturated heterocycles. The summed E-state index contributed by atoms with van der Waals surface area (Å²) in [5.74, 6) is -0.0705. The standard InChI is InChI=1S/C22H22N4O2/c1-2-3-12-24-21(27)17-10-8-16(9-11-17)15-26-20-18(6-4-13-23-20)25-14-5-7-19(25)22(26)28/h4-11,13-14H,2-3,12,15H2,1H3,(H,24,27). The monoisotopic (exact) mass is 374 g/mol. The maximum Gasteiger partial charge on any atom is 0.276 e. The van der Waals surface area contributed by atoms with Crippen molar-refractivity contribution in [2.75, 3.05) is 6.54 Å². The van der Waals surface area contributed by atoms with Gasteiger partial charge in [-0.15, -0.1) is 0 Å². The number of carbonyl (C=O) groups is 1. The molecule has 1 N–H and O–H groups in total. The molecule has 3 aromatic heterocycles. The zero-order chi connectivity index (χ0) is 19.5. The highest BCUT2D eigenvalue weighted by molar-refractivity contribution is 5.94. The summed E-state index contributed by atoms with van der Waals surface area (Å²) in [6.07, 6.45) is 5.57. The van der Waals surface area contributed by atoms with E-state index in [1.54, 1.807) is 22.9 Å². The van der Waals surface area contributed by atoms with Crippen molar-refractivity contribution >= 4 is 22.6 Å². The van der Waals surface area contributed by atoms with E-state index in [4.69, 9.17) is 0 Å². The number of amides is 1. The van der Waals surface area contributed by atoms with Crippen molar-refractivity contribution in [1.82, 2.24) is 19.3 Å². The predicted molar refractivity (Wildman–Crippen MR) is 110 cm³/mol. The Balaban J connectivity index is 1.65. The first-order valence-electron chi connectivity index (χ1n) is 9.51. The summed E-state index contributed by atoms with van der Waals surface area (Å²) in [4.78, 5) is 29.6. The molecule has 0 radical (unpaired) electrons. The van der Waals surface area contributed by atoms with Gasteiger partial charge in [-0.1, -0.05) is 25.5 Å². The van der Waals surface area contributed by atoms with Gasteiger partial charge in [0, 0.05) is 24.5 Å². The molecule has 0 fully saturated rings. The second-order valence-electron chi connectivity index (χ2n) is 6.81. The number of unbranched alkanes of at least 4 members (excludes halogenated alkanes) is 1. The number of hydrogen-bond acceptors (Lipinski definition) is 3. The minimum atomic E-state index is -0.0856. The first-order valence-corrected chi connectivity index (χ1v) is 9.51. The van der Waals surface area contributed by atoms with Crippen LogP contribution in [0, 0.1) is 0 Å². The van der Waals surface area contributed by atoms with Crippen molar-refractivity contribution in [2.24, 2.45) is 0 Å². The third kappa shape index (κ3) is 3.29. The molecule has 0 unspecified atom stereocenters. The van der Waals surface area contributed by atoms with Crippen LogP contribution in [0.4, 0.5) is 0 Å². The number of nitrogens with one attached hydrogen (secondary N) is 1. The van der Waals surface area contributed by atoms with Crippen molar-refractivity contribution in [2.45, 2.75) is 26.3 Å². The van der Waals surface area contributed by atoms with E-state index in [-0.39, 0.29) is 11.5 Å². The van der Waals surface area contributed by atoms with Gasteiger partial charge in [-0.2, -0.15) is 0 Å². The van der Waals surface area contributed by atoms with E-state index in [0.717, 1.165) is 23.9 Å². The highest BCUT2D eigenvalue weighted by atomic mass is 16.1. The van der Waals surface area contributed by atoms with Crippen LogP contribution in [-0.2, 0) is 6.54 Å². The van der Waals surface area contributed by atoms with Crippen LogP contribution in [0.3, 0.4) is 0 Å². The Morgan fingerprint density at radius 1 is 1.07 bits per heavy atom. The Morgan fingerprint density at radius 3 is 2.64 bits per heavy atom. The second kappa shape index (κ2) is 7.68. The van der Waals surface area contributed by atoms with Crippen LogP contribution in [0.2, 0.25) is 0 Å². The third-order valence-electron chi connectivity index (χ3n) is 4.87. The minimum absolute atomic E-state index is 0.0705. The van der Waals surface area contributed by atoms with E-state index >= 15 is 0 Å². The fourth-order valence-electron chi connectivity index (χ4n) is 3.36. The molecule has 0 aliphatic rings. The van der Waals surface area contributed by atoms with Gasteiger partial charge in [0.25, 0.3) is 11.5 Å². The van der Waals surface area contributed by atoms with E-state index in [0.29, 0.717) is 29.8 Å². The van der Waals surface area contributed by atoms with Gasteiger partial charge in [0.15, 0.2) is 5.65 Å². The predicted octanol–water partition coefficient (Wildman–Crippen LogP) is 3.23. The molecule has 6 heteroatoms. The van der Waals surface area contributed by atoms with Gasteiger partial charge in [-0.05, 0) is 48.4 Å². The van der Waals surface area contributed by atoms with E-state index in [1.807, 2.05) is 47.0 Å². The van der Waals surface area contributed by atoms with E-state index < -0.39 is 0 Å². The number of hydrogen-bond donors (Lipinski definition) is 1. The smallest absolute Gasteiger partial charge is 0.276 e. The summed E-state index contributed by atoms with van der Waals surface area (Å²) in [7, 11) is 0. The van der Waals surface area contributed by atoms with Crippen LogP contribution in [0.15, 0.2) is 65.7 Å². The van der Waals surface area contributed by atoms with Gasteiger partial charge in [-0.25, -0.2) is 4.98 Å². The highest BCUT2D eigenvalue weighted by Crippen LogP contribution is 2.15. The molecule has 1 amide bonds. The number of rotatable bonds is 6. The number of carbonyl (C=O) groups excluding carboxylic acids is 1. The molecule has 4 rings (SSSR count). The molecule has 0 spiro atoms. The summed E-state index contributed by atoms with van der Waals surface area (Å²) < 4.78 is 3.55. The zero-order valence-electron chi connectivity index (χ0n) is 15.8. The molecule has 0 atom stereocenters. The Labute approximate surface area is 162 Å². The molecule has 142 valence electrons. The number of benzene rings is 1. The van der Waals surface area contributed by atoms with E-state index in [2.05, 4.69) is 17.2 Å². The van der Waals surface area contributed by atoms with Crippen molar-refractivity contribution in [3.8, 4) is 0 Å². The van der Waals surface area contributed by atoms with Crippen LogP contribution in [0.5, 0.6) is 0 Å². The van der Waals surface area contributed by atoms with Crippen LogP contribution in [-0.4, -0.2) is 26.4 Å². The molecule has 3 heterocycles. The second-order valence-corrected chi connectivity index (χ2v) is 6.81. The fourth-order valence-corrected chi connectivity index (χ4v) is 3.36. The lowest BCUT2D eigenvalue weighted by atomic mass is 10.1. The molecule has 0 aliphatic heterocycles. The molecule has 0 bridgehead atoms. The Bertz CT molecular complexity index is 1190. The molecule has 28 heavy (non-hydrogen) atoms. The first kappa shape index (κ1) is 18.0. The topological polar surface area (TPSA) is 68.4 Å². The zero-order valence-corrected chi connectivity index (χ0v) is 15.8. The van der Waals surface area contributed by atoms with Crippen LogP contribution in [0.25, 0.3) is 16.7 Å². The highest BCUT2D eigenvalue weighted by Gasteiger charge is 2.12. The first-order chi connectivity index (χ1) is 13.7. The summed E-state index contributed by atoms with van der Waals surface area (Å²) in [6.45, 7) is 3.17. The van der Waals surface area contributed by atoms with Crippen LogP contribution < -0.4 is 10.9 Å². The van der Waals surface area contributed by atoms with Crippen molar-refractivity contribution in [3.63, 3.8) is 0 Å². The molecule has 0 aliphatic carbocycles. The normalized spacial score (nSPS) is 11.2.